The van der Waals surface area contributed by atoms with E-state index in [1.807, 2.05) is 52.1 Å². The SMILES string of the molecule is COc1ccccc1N1CCN(C(=O)c2cnc3c(c2)ncn3Cc2cccnc2)CC1. The monoisotopic (exact) mass is 428 g/mol. The van der Waals surface area contributed by atoms with E-state index in [9.17, 15) is 4.79 Å². The van der Waals surface area contributed by atoms with Gasteiger partial charge in [-0.1, -0.05) is 18.2 Å². The van der Waals surface area contributed by atoms with Crippen LogP contribution in [-0.4, -0.2) is 63.6 Å². The van der Waals surface area contributed by atoms with Crippen LogP contribution >= 0.6 is 0 Å². The quantitative estimate of drug-likeness (QED) is 0.487. The number of carbonyl (C=O) groups is 1. The molecule has 8 heteroatoms. The molecule has 0 unspecified atom stereocenters. The minimum atomic E-state index is -0.0131. The molecule has 1 saturated heterocycles. The first-order valence-electron chi connectivity index (χ1n) is 10.6. The number of methoxy groups -OCH3 is 1. The molecule has 0 aliphatic carbocycles. The lowest BCUT2D eigenvalue weighted by molar-refractivity contribution is 0.0746. The van der Waals surface area contributed by atoms with Gasteiger partial charge in [-0.25, -0.2) is 9.97 Å². The Balaban J connectivity index is 1.28. The molecule has 1 aliphatic heterocycles. The number of fused-ring (bicyclic) bond motifs is 1. The maximum absolute atomic E-state index is 13.1. The average Bonchev–Trinajstić information content (AvgIpc) is 3.26. The van der Waals surface area contributed by atoms with Crippen molar-refractivity contribution in [3.8, 4) is 5.75 Å². The van der Waals surface area contributed by atoms with Gasteiger partial charge >= 0.3 is 0 Å². The van der Waals surface area contributed by atoms with Crippen LogP contribution in [0.5, 0.6) is 5.75 Å². The molecule has 4 aromatic rings. The van der Waals surface area contributed by atoms with Crippen molar-refractivity contribution in [1.82, 2.24) is 24.4 Å². The topological polar surface area (TPSA) is 76.4 Å². The first-order chi connectivity index (χ1) is 15.7. The van der Waals surface area contributed by atoms with E-state index in [1.54, 1.807) is 25.8 Å². The van der Waals surface area contributed by atoms with Crippen molar-refractivity contribution in [3.63, 3.8) is 0 Å². The van der Waals surface area contributed by atoms with E-state index in [1.165, 1.54) is 0 Å². The second kappa shape index (κ2) is 8.66. The third-order valence-electron chi connectivity index (χ3n) is 5.77. The molecule has 0 atom stereocenters. The number of hydrogen-bond donors (Lipinski definition) is 0. The molecule has 162 valence electrons. The summed E-state index contributed by atoms with van der Waals surface area (Å²) in [5.41, 5.74) is 4.17. The number of imidazole rings is 1. The number of rotatable bonds is 5. The maximum atomic E-state index is 13.1. The molecule has 32 heavy (non-hydrogen) atoms. The number of benzene rings is 1. The van der Waals surface area contributed by atoms with Crippen molar-refractivity contribution in [2.24, 2.45) is 0 Å². The number of amides is 1. The van der Waals surface area contributed by atoms with E-state index >= 15 is 0 Å². The predicted molar refractivity (Wildman–Crippen MR) is 122 cm³/mol. The van der Waals surface area contributed by atoms with Crippen LogP contribution in [0.4, 0.5) is 5.69 Å². The number of ether oxygens (including phenoxy) is 1. The zero-order chi connectivity index (χ0) is 21.9. The summed E-state index contributed by atoms with van der Waals surface area (Å²) >= 11 is 0. The number of aromatic nitrogens is 4. The van der Waals surface area contributed by atoms with Crippen LogP contribution in [0.15, 0.2) is 67.4 Å². The number of piperazine rings is 1. The van der Waals surface area contributed by atoms with Crippen molar-refractivity contribution < 1.29 is 9.53 Å². The maximum Gasteiger partial charge on any atom is 0.255 e. The Bertz CT molecular complexity index is 1230. The third-order valence-corrected chi connectivity index (χ3v) is 5.77. The highest BCUT2D eigenvalue weighted by molar-refractivity contribution is 5.96. The van der Waals surface area contributed by atoms with Crippen LogP contribution < -0.4 is 9.64 Å². The zero-order valence-electron chi connectivity index (χ0n) is 17.9. The molecule has 0 saturated carbocycles. The van der Waals surface area contributed by atoms with E-state index in [0.717, 1.165) is 35.7 Å². The standard InChI is InChI=1S/C24H24N6O2/c1-32-22-7-3-2-6-21(22)28-9-11-29(12-10-28)24(31)19-13-20-23(26-15-19)30(17-27-20)16-18-5-4-8-25-14-18/h2-8,13-15,17H,9-12,16H2,1H3. The first kappa shape index (κ1) is 20.0. The fourth-order valence-electron chi connectivity index (χ4n) is 4.09. The zero-order valence-corrected chi connectivity index (χ0v) is 17.9. The Morgan fingerprint density at radius 1 is 1.03 bits per heavy atom. The number of anilines is 1. The fraction of sp³-hybridized carbons (Fsp3) is 0.250. The number of pyridine rings is 2. The smallest absolute Gasteiger partial charge is 0.255 e. The highest BCUT2D eigenvalue weighted by Crippen LogP contribution is 2.28. The Hall–Kier alpha value is -3.94. The van der Waals surface area contributed by atoms with Crippen molar-refractivity contribution in [2.75, 3.05) is 38.2 Å². The van der Waals surface area contributed by atoms with Crippen molar-refractivity contribution in [3.05, 3.63) is 78.5 Å². The average molecular weight is 428 g/mol. The Labute approximate surface area is 186 Å². The molecule has 8 nitrogen and oxygen atoms in total. The lowest BCUT2D eigenvalue weighted by atomic mass is 10.2. The summed E-state index contributed by atoms with van der Waals surface area (Å²) in [6.45, 7) is 3.42. The molecule has 1 aromatic carbocycles. The molecule has 1 fully saturated rings. The lowest BCUT2D eigenvalue weighted by Gasteiger charge is -2.36. The minimum absolute atomic E-state index is 0.0131. The van der Waals surface area contributed by atoms with Gasteiger partial charge in [-0.15, -0.1) is 0 Å². The van der Waals surface area contributed by atoms with Crippen molar-refractivity contribution in [2.45, 2.75) is 6.54 Å². The molecule has 1 aliphatic rings. The summed E-state index contributed by atoms with van der Waals surface area (Å²) in [5.74, 6) is 0.838. The van der Waals surface area contributed by atoms with Gasteiger partial charge in [-0.3, -0.25) is 9.78 Å². The van der Waals surface area contributed by atoms with Crippen molar-refractivity contribution >= 4 is 22.8 Å². The number of nitrogens with zero attached hydrogens (tertiary/aromatic N) is 6. The molecule has 4 heterocycles. The summed E-state index contributed by atoms with van der Waals surface area (Å²) in [6.07, 6.45) is 6.99. The van der Waals surface area contributed by atoms with Gasteiger partial charge in [0.1, 0.15) is 11.3 Å². The second-order valence-electron chi connectivity index (χ2n) is 7.75. The molecule has 0 N–H and O–H groups in total. The van der Waals surface area contributed by atoms with Crippen LogP contribution in [0.1, 0.15) is 15.9 Å². The van der Waals surface area contributed by atoms with E-state index in [4.69, 9.17) is 4.74 Å². The van der Waals surface area contributed by atoms with Gasteiger partial charge < -0.3 is 19.1 Å². The molecular weight excluding hydrogens is 404 g/mol. The van der Waals surface area contributed by atoms with Crippen molar-refractivity contribution in [1.29, 1.82) is 0 Å². The minimum Gasteiger partial charge on any atom is -0.495 e. The summed E-state index contributed by atoms with van der Waals surface area (Å²) < 4.78 is 7.44. The predicted octanol–water partition coefficient (Wildman–Crippen LogP) is 2.85. The third kappa shape index (κ3) is 3.87. The van der Waals surface area contributed by atoms with Gasteiger partial charge in [0.05, 0.1) is 31.2 Å². The van der Waals surface area contributed by atoms with Gasteiger partial charge in [0.15, 0.2) is 5.65 Å². The molecule has 3 aromatic heterocycles. The van der Waals surface area contributed by atoms with Gasteiger partial charge in [0, 0.05) is 44.8 Å². The highest BCUT2D eigenvalue weighted by Gasteiger charge is 2.24. The Kier molecular flexibility index (Phi) is 5.41. The van der Waals surface area contributed by atoms with E-state index in [-0.39, 0.29) is 5.91 Å². The van der Waals surface area contributed by atoms with E-state index in [2.05, 4.69) is 25.9 Å². The van der Waals surface area contributed by atoms with Gasteiger partial charge in [-0.2, -0.15) is 0 Å². The van der Waals surface area contributed by atoms with Crippen LogP contribution in [0, 0.1) is 0 Å². The largest absolute Gasteiger partial charge is 0.495 e. The summed E-state index contributed by atoms with van der Waals surface area (Å²) in [4.78, 5) is 30.4. The van der Waals surface area contributed by atoms with Crippen LogP contribution in [-0.2, 0) is 6.54 Å². The Morgan fingerprint density at radius 2 is 1.88 bits per heavy atom. The molecule has 0 bridgehead atoms. The van der Waals surface area contributed by atoms with Crippen LogP contribution in [0.25, 0.3) is 11.2 Å². The van der Waals surface area contributed by atoms with Gasteiger partial charge in [0.25, 0.3) is 5.91 Å². The van der Waals surface area contributed by atoms with Crippen LogP contribution in [0.2, 0.25) is 0 Å². The first-order valence-corrected chi connectivity index (χ1v) is 10.6. The fourth-order valence-corrected chi connectivity index (χ4v) is 4.09. The molecule has 0 spiro atoms. The van der Waals surface area contributed by atoms with E-state index < -0.39 is 0 Å². The second-order valence-corrected chi connectivity index (χ2v) is 7.75. The van der Waals surface area contributed by atoms with Gasteiger partial charge in [-0.05, 0) is 29.8 Å². The number of carbonyl (C=O) groups excluding carboxylic acids is 1. The number of hydrogen-bond acceptors (Lipinski definition) is 6. The summed E-state index contributed by atoms with van der Waals surface area (Å²) in [6, 6.07) is 13.7. The molecule has 1 amide bonds. The normalized spacial score (nSPS) is 14.0. The summed E-state index contributed by atoms with van der Waals surface area (Å²) in [5, 5.41) is 0. The molecular formula is C24H24N6O2. The lowest BCUT2D eigenvalue weighted by Crippen LogP contribution is -2.48. The number of para-hydroxylation sites is 2. The van der Waals surface area contributed by atoms with Gasteiger partial charge in [0.2, 0.25) is 0 Å². The Morgan fingerprint density at radius 3 is 2.66 bits per heavy atom. The molecule has 5 rings (SSSR count). The van der Waals surface area contributed by atoms with Crippen LogP contribution in [0.3, 0.4) is 0 Å². The summed E-state index contributed by atoms with van der Waals surface area (Å²) in [7, 11) is 1.68. The van der Waals surface area contributed by atoms with E-state index in [0.29, 0.717) is 30.7 Å². The molecule has 0 radical (unpaired) electrons. The highest BCUT2D eigenvalue weighted by atomic mass is 16.5.